The number of nitriles is 1. The number of imide groups is 1. The van der Waals surface area contributed by atoms with Crippen LogP contribution in [0, 0.1) is 40.9 Å². The number of thioether (sulfide) groups is 2. The van der Waals surface area contributed by atoms with Crippen LogP contribution in [0.2, 0.25) is 15.1 Å². The lowest BCUT2D eigenvalue weighted by Crippen LogP contribution is -2.38. The molecule has 9 aromatic carbocycles. The maximum atomic E-state index is 13.9. The van der Waals surface area contributed by atoms with Gasteiger partial charge in [-0.3, -0.25) is 28.3 Å². The number of carbonyl (C=O) groups excluding carboxylic acids is 4. The van der Waals surface area contributed by atoms with Crippen LogP contribution < -0.4 is 34.8 Å². The Hall–Kier alpha value is -8.19. The predicted octanol–water partition coefficient (Wildman–Crippen LogP) is 23.1. The second kappa shape index (κ2) is 47.7. The highest BCUT2D eigenvalue weighted by Gasteiger charge is 2.51. The number of benzene rings is 9. The molecule has 3 amide bonds. The normalized spacial score (nSPS) is 12.0. The molecule has 0 aliphatic carbocycles. The molecule has 1 fully saturated rings. The van der Waals surface area contributed by atoms with Gasteiger partial charge in [0.05, 0.1) is 73.0 Å². The van der Waals surface area contributed by atoms with Gasteiger partial charge >= 0.3 is 16.1 Å². The van der Waals surface area contributed by atoms with Crippen LogP contribution in [0.3, 0.4) is 0 Å². The van der Waals surface area contributed by atoms with E-state index >= 15 is 0 Å². The maximum Gasteiger partial charge on any atom is 0.357 e. The van der Waals surface area contributed by atoms with Gasteiger partial charge in [-0.05, 0) is 220 Å². The van der Waals surface area contributed by atoms with Gasteiger partial charge in [-0.1, -0.05) is 95.5 Å². The third-order valence-electron chi connectivity index (χ3n) is 15.4. The van der Waals surface area contributed by atoms with Gasteiger partial charge in [0.25, 0.3) is 17.0 Å². The van der Waals surface area contributed by atoms with Gasteiger partial charge < -0.3 is 38.5 Å². The van der Waals surface area contributed by atoms with Crippen LogP contribution >= 0.6 is 147 Å². The summed E-state index contributed by atoms with van der Waals surface area (Å²) in [5.74, 6) is -11.2. The number of nitrogens with one attached hydrogen (secondary N) is 1. The Morgan fingerprint density at radius 1 is 0.585 bits per heavy atom. The van der Waals surface area contributed by atoms with Crippen LogP contribution in [0.25, 0.3) is 39.3 Å². The first kappa shape index (κ1) is 100. The van der Waals surface area contributed by atoms with Crippen molar-refractivity contribution < 1.29 is 82.1 Å². The molecule has 1 aliphatic heterocycles. The lowest BCUT2D eigenvalue weighted by molar-refractivity contribution is -0.128. The van der Waals surface area contributed by atoms with Crippen molar-refractivity contribution in [2.24, 2.45) is 0 Å². The Labute approximate surface area is 736 Å². The van der Waals surface area contributed by atoms with Crippen molar-refractivity contribution in [1.29, 1.82) is 5.26 Å². The number of halogens is 14. The summed E-state index contributed by atoms with van der Waals surface area (Å²) in [7, 11) is -0.812. The minimum atomic E-state index is -5.08. The summed E-state index contributed by atoms with van der Waals surface area (Å²) < 4.78 is 130. The smallest absolute Gasteiger partial charge is 0.357 e. The molecule has 0 radical (unpaired) electrons. The Bertz CT molecular complexity index is 5720. The van der Waals surface area contributed by atoms with Gasteiger partial charge in [-0.15, -0.1) is 23.5 Å². The van der Waals surface area contributed by atoms with E-state index in [1.807, 2.05) is 72.8 Å². The molecule has 118 heavy (non-hydrogen) atoms. The summed E-state index contributed by atoms with van der Waals surface area (Å²) in [4.78, 5) is 77.5. The van der Waals surface area contributed by atoms with Crippen LogP contribution in [0.5, 0.6) is 23.0 Å². The number of carbonyl (C=O) groups is 4. The Morgan fingerprint density at radius 2 is 0.992 bits per heavy atom. The number of anilines is 2. The number of allylic oxidation sites excluding steroid dienone is 1. The van der Waals surface area contributed by atoms with Gasteiger partial charge in [-0.25, -0.2) is 31.8 Å². The molecule has 39 heteroatoms. The van der Waals surface area contributed by atoms with Gasteiger partial charge in [0.1, 0.15) is 42.0 Å². The van der Waals surface area contributed by atoms with E-state index in [0.29, 0.717) is 40.6 Å². The van der Waals surface area contributed by atoms with Crippen molar-refractivity contribution in [3.05, 3.63) is 277 Å². The molecule has 11 aromatic rings. The number of amides is 3. The van der Waals surface area contributed by atoms with Crippen molar-refractivity contribution in [2.75, 3.05) is 33.8 Å². The van der Waals surface area contributed by atoms with Crippen molar-refractivity contribution in [3.63, 3.8) is 0 Å². The molecule has 3 N–H and O–H groups in total. The van der Waals surface area contributed by atoms with E-state index < -0.39 is 90.0 Å². The van der Waals surface area contributed by atoms with Crippen LogP contribution in [-0.2, 0) is 36.0 Å². The zero-order valence-electron chi connectivity index (χ0n) is 62.9. The highest BCUT2D eigenvalue weighted by molar-refractivity contribution is 9.11. The van der Waals surface area contributed by atoms with Crippen LogP contribution in [0.4, 0.5) is 42.3 Å². The van der Waals surface area contributed by atoms with E-state index in [0.717, 1.165) is 83.3 Å². The van der Waals surface area contributed by atoms with Crippen LogP contribution in [0.1, 0.15) is 51.3 Å². The number of pyridine rings is 2. The fourth-order valence-corrected chi connectivity index (χ4v) is 14.6. The molecule has 1 aliphatic rings. The fourth-order valence-electron chi connectivity index (χ4n) is 9.96. The van der Waals surface area contributed by atoms with Crippen molar-refractivity contribution in [1.82, 2.24) is 18.0 Å². The van der Waals surface area contributed by atoms with E-state index in [9.17, 15) is 63.3 Å². The molecule has 3 heterocycles. The van der Waals surface area contributed by atoms with Crippen molar-refractivity contribution in [2.45, 2.75) is 66.3 Å². The Kier molecular flexibility index (Phi) is 40.6. The van der Waals surface area contributed by atoms with E-state index in [1.165, 1.54) is 81.7 Å². The molecular weight excluding hydrogens is 1950 g/mol. The number of hydrogen-bond acceptors (Lipinski definition) is 18. The molecular formula is C79H68Br3Cl5F6N6O14P2S3. The number of ketones is 2. The number of aromatic nitrogens is 2. The number of ether oxygens (including phenoxy) is 3. The van der Waals surface area contributed by atoms with Gasteiger partial charge in [0, 0.05) is 95.2 Å². The molecule has 0 saturated carbocycles. The third-order valence-corrected chi connectivity index (χ3v) is 23.5. The fraction of sp³-hybridized carbons (Fsp3) is 0.152. The lowest BCUT2D eigenvalue weighted by atomic mass is 10.1. The summed E-state index contributed by atoms with van der Waals surface area (Å²) in [5.41, 5.74) is 5.14. The molecule has 2 unspecified atom stereocenters. The first-order chi connectivity index (χ1) is 55.9. The largest absolute Gasteiger partial charge is 0.495 e. The number of rotatable bonds is 19. The lowest BCUT2D eigenvalue weighted by Gasteiger charge is -2.18. The summed E-state index contributed by atoms with van der Waals surface area (Å²) in [6.07, 6.45) is 3.39. The Balaban J connectivity index is 0.000000279. The SMILES string of the molecule is C#N.CC(C)=O.CC1(C)C(=O)N(Cl)C(=O)N1Cl.CO.COc1cc(Br)c(Cl)cc1-n1c(=O)ccc2cc(S(=O)(=O)Oc3c(F)c(F)c(F)c(F)c3F)ccc21.COc1cc(Br)c(Cl)cc1-n1c(=O)ccc2cc(SCc3ccccc3)ccc21.COc1cc(Br)c(Cl)cc1Nc1ccc(SCc2ccccc2)cc1/C=C/C(C)=O.OPPF. The van der Waals surface area contributed by atoms with Crippen molar-refractivity contribution in [3.8, 4) is 40.9 Å². The minimum Gasteiger partial charge on any atom is -0.495 e. The van der Waals surface area contributed by atoms with E-state index in [2.05, 4.69) is 106 Å². The van der Waals surface area contributed by atoms with E-state index in [1.54, 1.807) is 72.7 Å². The van der Waals surface area contributed by atoms with Gasteiger partial charge in [0.2, 0.25) is 34.8 Å². The van der Waals surface area contributed by atoms with E-state index in [-0.39, 0.29) is 44.5 Å². The standard InChI is InChI=1S/C24H21BrClNO2S.C23H17BrClNO2S.C22H10BrClF5NO5S.C5H6Cl2N2O2.C3H6O.CHN.CH4O.FH3OP2/c1-16(28)8-9-18-12-19(30-15-17-6-4-3-5-7-17)10-11-22(18)27-23-14-21(26)20(25)13-24(23)29-2;1-28-22-12-18(24)19(25)13-21(22)26-20-9-8-17(11-16(20)7-10-23(26)27)29-14-15-5-3-2-4-6-15;1-34-15-7-11(23)12(24)8-14(15)30-13-4-3-10(6-9(13)2-5-16(30)31)36(32,33)35-22-20(28)18(26)17(25)19(27)21(22)29;1-5(2)3(10)8(6)4(11)9(5)7;1-3(2)4;2*1-2;1-3-4-2/h3-14,27H,15H2,1-2H3;2-13H,14H2,1H3;2-8H,1H3;1-2H3;1-2H3;1H;2H,1H3;2-4H/b9-8+;;;;;;;. The second-order valence-corrected chi connectivity index (χ2v) is 33.7. The van der Waals surface area contributed by atoms with Crippen LogP contribution in [-0.4, -0.2) is 93.9 Å². The molecule has 0 spiro atoms. The molecule has 2 atom stereocenters. The summed E-state index contributed by atoms with van der Waals surface area (Å²) in [5, 5.41) is 19.3. The number of Topliss-reactive ketones (excluding diaryl/α,β-unsaturated/α-hetero) is 1. The van der Waals surface area contributed by atoms with Gasteiger partial charge in [-0.2, -0.15) is 21.6 Å². The van der Waals surface area contributed by atoms with Crippen molar-refractivity contribution >= 4 is 220 Å². The van der Waals surface area contributed by atoms with Gasteiger partial charge in [0.15, 0.2) is 5.78 Å². The molecule has 624 valence electrons. The highest BCUT2D eigenvalue weighted by atomic mass is 79.9. The summed E-state index contributed by atoms with van der Waals surface area (Å²) >= 11 is 43.1. The minimum absolute atomic E-state index is 0.00689. The number of urea groups is 1. The zero-order chi connectivity index (χ0) is 88.2. The Morgan fingerprint density at radius 3 is 1.40 bits per heavy atom. The molecule has 20 nitrogen and oxygen atoms in total. The molecule has 0 bridgehead atoms. The number of fused-ring (bicyclic) bond motifs is 2. The predicted molar refractivity (Wildman–Crippen MR) is 470 cm³/mol. The number of methoxy groups -OCH3 is 3. The summed E-state index contributed by atoms with van der Waals surface area (Å²) in [6, 6.07) is 51.2. The number of nitrogens with zero attached hydrogens (tertiary/aromatic N) is 5. The topological polar surface area (TPSA) is 266 Å². The zero-order valence-corrected chi connectivity index (χ0v) is 75.9. The number of aliphatic hydroxyl groups excluding tert-OH is 1. The summed E-state index contributed by atoms with van der Waals surface area (Å²) in [6.45, 7) is 11.1. The first-order valence-electron chi connectivity index (χ1n) is 33.2. The van der Waals surface area contributed by atoms with Crippen LogP contribution in [0.15, 0.2) is 220 Å². The monoisotopic (exact) mass is 2010 g/mol. The highest BCUT2D eigenvalue weighted by Crippen LogP contribution is 2.41. The number of aliphatic hydroxyl groups is 1. The third kappa shape index (κ3) is 26.9. The number of hydrogen-bond donors (Lipinski definition) is 3. The molecule has 2 aromatic heterocycles. The molecule has 1 saturated heterocycles. The van der Waals surface area contributed by atoms with E-state index in [4.69, 9.17) is 87.8 Å². The average molecular weight is 2010 g/mol. The quantitative estimate of drug-likeness (QED) is 0.00781. The second-order valence-electron chi connectivity index (χ2n) is 23.9. The average Bonchev–Trinajstić information content (AvgIpc) is 1.06. The molecule has 12 rings (SSSR count). The first-order valence-corrected chi connectivity index (χ1v) is 43.6. The maximum absolute atomic E-state index is 13.9.